The maximum absolute atomic E-state index is 13.3. The molecule has 1 aromatic rings. The quantitative estimate of drug-likeness (QED) is 0.894. The van der Waals surface area contributed by atoms with Crippen LogP contribution in [0.4, 0.5) is 4.39 Å². The van der Waals surface area contributed by atoms with Gasteiger partial charge in [-0.05, 0) is 44.4 Å². The van der Waals surface area contributed by atoms with Crippen molar-refractivity contribution in [2.75, 3.05) is 0 Å². The van der Waals surface area contributed by atoms with Crippen LogP contribution in [0.5, 0.6) is 0 Å². The zero-order valence-corrected chi connectivity index (χ0v) is 12.4. The second-order valence-corrected chi connectivity index (χ2v) is 5.73. The van der Waals surface area contributed by atoms with Crippen molar-refractivity contribution in [3.63, 3.8) is 0 Å². The normalized spacial score (nSPS) is 25.6. The number of carbonyl (C=O) groups excluding carboxylic acids is 1. The summed E-state index contributed by atoms with van der Waals surface area (Å²) in [5, 5.41) is 11.9. The molecule has 0 aliphatic carbocycles. The average molecular weight is 295 g/mol. The lowest BCUT2D eigenvalue weighted by Crippen LogP contribution is -2.39. The smallest absolute Gasteiger partial charge is 0.223 e. The number of aliphatic hydroxyl groups is 1. The summed E-state index contributed by atoms with van der Waals surface area (Å²) in [6.45, 7) is 3.95. The molecule has 0 spiro atoms. The van der Waals surface area contributed by atoms with E-state index in [4.69, 9.17) is 9.84 Å². The number of nitrogens with one attached hydrogen (secondary N) is 1. The van der Waals surface area contributed by atoms with E-state index >= 15 is 0 Å². The topological polar surface area (TPSA) is 58.6 Å². The van der Waals surface area contributed by atoms with Crippen molar-refractivity contribution in [1.82, 2.24) is 5.32 Å². The maximum Gasteiger partial charge on any atom is 0.223 e. The second-order valence-electron chi connectivity index (χ2n) is 5.73. The van der Waals surface area contributed by atoms with Crippen molar-refractivity contribution < 1.29 is 19.0 Å². The number of rotatable bonds is 4. The van der Waals surface area contributed by atoms with Gasteiger partial charge in [-0.25, -0.2) is 4.39 Å². The Kier molecular flexibility index (Phi) is 5.31. The lowest BCUT2D eigenvalue weighted by molar-refractivity contribution is -0.133. The van der Waals surface area contributed by atoms with Gasteiger partial charge >= 0.3 is 0 Å². The highest BCUT2D eigenvalue weighted by molar-refractivity contribution is 5.78. The first kappa shape index (κ1) is 15.9. The number of carbonyl (C=O) groups is 1. The summed E-state index contributed by atoms with van der Waals surface area (Å²) in [6.07, 6.45) is 1.63. The van der Waals surface area contributed by atoms with Gasteiger partial charge in [0.25, 0.3) is 0 Å². The van der Waals surface area contributed by atoms with E-state index in [0.29, 0.717) is 6.54 Å². The van der Waals surface area contributed by atoms with Gasteiger partial charge < -0.3 is 15.2 Å². The summed E-state index contributed by atoms with van der Waals surface area (Å²) in [4.78, 5) is 12.2. The molecule has 1 aliphatic rings. The van der Waals surface area contributed by atoms with Crippen molar-refractivity contribution in [3.05, 3.63) is 35.1 Å². The molecule has 1 amide bonds. The molecule has 21 heavy (non-hydrogen) atoms. The van der Waals surface area contributed by atoms with Gasteiger partial charge in [0.2, 0.25) is 5.91 Å². The lowest BCUT2D eigenvalue weighted by atomic mass is 9.92. The van der Waals surface area contributed by atoms with Gasteiger partial charge in [0.1, 0.15) is 5.82 Å². The number of benzene rings is 1. The summed E-state index contributed by atoms with van der Waals surface area (Å²) in [5.74, 6) is -0.465. The highest BCUT2D eigenvalue weighted by Gasteiger charge is 2.29. The van der Waals surface area contributed by atoms with Crippen molar-refractivity contribution in [1.29, 1.82) is 0 Å². The fourth-order valence-electron chi connectivity index (χ4n) is 2.81. The summed E-state index contributed by atoms with van der Waals surface area (Å²) < 4.78 is 18.9. The largest absolute Gasteiger partial charge is 0.392 e. The Morgan fingerprint density at radius 1 is 1.38 bits per heavy atom. The van der Waals surface area contributed by atoms with Crippen molar-refractivity contribution in [2.24, 2.45) is 5.92 Å². The van der Waals surface area contributed by atoms with Gasteiger partial charge in [0, 0.05) is 18.0 Å². The van der Waals surface area contributed by atoms with Crippen LogP contribution in [0.25, 0.3) is 0 Å². The number of halogens is 1. The molecule has 1 saturated heterocycles. The third-order valence-electron chi connectivity index (χ3n) is 3.82. The van der Waals surface area contributed by atoms with E-state index in [9.17, 15) is 9.18 Å². The van der Waals surface area contributed by atoms with E-state index < -0.39 is 5.82 Å². The summed E-state index contributed by atoms with van der Waals surface area (Å²) in [5.41, 5.74) is 1.03. The fourth-order valence-corrected chi connectivity index (χ4v) is 2.81. The minimum Gasteiger partial charge on any atom is -0.392 e. The molecular formula is C16H22FNO3. The highest BCUT2D eigenvalue weighted by atomic mass is 19.1. The third-order valence-corrected chi connectivity index (χ3v) is 3.82. The third kappa shape index (κ3) is 4.25. The first-order valence-corrected chi connectivity index (χ1v) is 7.31. The molecule has 1 heterocycles. The van der Waals surface area contributed by atoms with Crippen LogP contribution < -0.4 is 5.32 Å². The second kappa shape index (κ2) is 7.00. The van der Waals surface area contributed by atoms with Crippen molar-refractivity contribution in [3.8, 4) is 0 Å². The highest BCUT2D eigenvalue weighted by Crippen LogP contribution is 2.24. The van der Waals surface area contributed by atoms with Crippen LogP contribution in [0.3, 0.4) is 0 Å². The molecule has 2 unspecified atom stereocenters. The zero-order valence-electron chi connectivity index (χ0n) is 12.4. The number of amides is 1. The first-order valence-electron chi connectivity index (χ1n) is 7.31. The average Bonchev–Trinajstić information content (AvgIpc) is 2.45. The van der Waals surface area contributed by atoms with Crippen LogP contribution in [-0.4, -0.2) is 23.2 Å². The van der Waals surface area contributed by atoms with Crippen LogP contribution in [0.15, 0.2) is 18.2 Å². The Morgan fingerprint density at radius 2 is 2.05 bits per heavy atom. The van der Waals surface area contributed by atoms with Gasteiger partial charge in [-0.3, -0.25) is 4.79 Å². The Morgan fingerprint density at radius 3 is 2.67 bits per heavy atom. The van der Waals surface area contributed by atoms with Crippen LogP contribution in [-0.2, 0) is 22.7 Å². The van der Waals surface area contributed by atoms with E-state index in [0.717, 1.165) is 18.4 Å². The van der Waals surface area contributed by atoms with Crippen LogP contribution in [0.1, 0.15) is 37.8 Å². The molecule has 0 aromatic heterocycles. The Labute approximate surface area is 124 Å². The van der Waals surface area contributed by atoms with Crippen molar-refractivity contribution >= 4 is 5.91 Å². The molecule has 2 rings (SSSR count). The summed E-state index contributed by atoms with van der Waals surface area (Å²) in [6, 6.07) is 4.50. The molecule has 5 heteroatoms. The molecule has 1 aromatic carbocycles. The monoisotopic (exact) mass is 295 g/mol. The van der Waals surface area contributed by atoms with Crippen LogP contribution in [0.2, 0.25) is 0 Å². The molecule has 0 radical (unpaired) electrons. The van der Waals surface area contributed by atoms with Crippen LogP contribution in [0, 0.1) is 11.7 Å². The minimum atomic E-state index is -0.431. The number of hydrogen-bond acceptors (Lipinski definition) is 3. The predicted molar refractivity (Wildman–Crippen MR) is 76.9 cm³/mol. The number of hydrogen-bond donors (Lipinski definition) is 2. The van der Waals surface area contributed by atoms with E-state index in [2.05, 4.69) is 5.32 Å². The van der Waals surface area contributed by atoms with E-state index in [1.807, 2.05) is 13.8 Å². The van der Waals surface area contributed by atoms with Gasteiger partial charge in [0.15, 0.2) is 0 Å². The fraction of sp³-hybridized carbons (Fsp3) is 0.562. The number of aliphatic hydroxyl groups excluding tert-OH is 1. The number of ether oxygens (including phenoxy) is 1. The minimum absolute atomic E-state index is 0.00636. The predicted octanol–water partition coefficient (Wildman–Crippen LogP) is 2.14. The molecular weight excluding hydrogens is 273 g/mol. The Bertz CT molecular complexity index is 496. The Hall–Kier alpha value is -1.46. The molecule has 4 nitrogen and oxygen atoms in total. The molecule has 2 atom stereocenters. The van der Waals surface area contributed by atoms with Gasteiger partial charge in [0.05, 0.1) is 18.8 Å². The SMILES string of the molecule is CC1CC(C(=O)NCc2ccc(F)c(CO)c2)CC(C)O1. The maximum atomic E-state index is 13.3. The van der Waals surface area contributed by atoms with Gasteiger partial charge in [-0.2, -0.15) is 0 Å². The summed E-state index contributed by atoms with van der Waals surface area (Å²) in [7, 11) is 0. The molecule has 1 fully saturated rings. The first-order chi connectivity index (χ1) is 9.99. The van der Waals surface area contributed by atoms with E-state index in [1.165, 1.54) is 6.07 Å². The molecule has 0 bridgehead atoms. The molecule has 0 saturated carbocycles. The van der Waals surface area contributed by atoms with Crippen molar-refractivity contribution in [2.45, 2.75) is 52.0 Å². The van der Waals surface area contributed by atoms with Gasteiger partial charge in [-0.1, -0.05) is 6.07 Å². The molecule has 116 valence electrons. The Balaban J connectivity index is 1.91. The molecule has 2 N–H and O–H groups in total. The molecule has 1 aliphatic heterocycles. The summed E-state index contributed by atoms with van der Waals surface area (Å²) >= 11 is 0. The van der Waals surface area contributed by atoms with E-state index in [-0.39, 0.29) is 36.2 Å². The van der Waals surface area contributed by atoms with Gasteiger partial charge in [-0.15, -0.1) is 0 Å². The van der Waals surface area contributed by atoms with Crippen LogP contribution >= 0.6 is 0 Å². The zero-order chi connectivity index (χ0) is 15.4. The lowest BCUT2D eigenvalue weighted by Gasteiger charge is -2.31. The van der Waals surface area contributed by atoms with E-state index in [1.54, 1.807) is 12.1 Å². The standard InChI is InChI=1S/C16H22FNO3/c1-10-5-13(6-11(2)21-10)16(20)18-8-12-3-4-15(17)14(7-12)9-19/h3-4,7,10-11,13,19H,5-6,8-9H2,1-2H3,(H,18,20).